The Morgan fingerprint density at radius 1 is 0.762 bits per heavy atom. The number of hydrogen-bond acceptors (Lipinski definition) is 5. The molecule has 0 aliphatic carbocycles. The van der Waals surface area contributed by atoms with E-state index in [1.54, 1.807) is 24.3 Å². The van der Waals surface area contributed by atoms with Crippen LogP contribution in [0.2, 0.25) is 0 Å². The molecule has 0 atom stereocenters. The third-order valence-corrected chi connectivity index (χ3v) is 1.47. The van der Waals surface area contributed by atoms with Crippen molar-refractivity contribution in [1.82, 2.24) is 0 Å². The second-order valence-corrected chi connectivity index (χ2v) is 2.82. The Hall–Kier alpha value is -1.81. The molecule has 0 aromatic rings. The molecule has 0 aromatic carbocycles. The molecule has 0 fully saturated rings. The van der Waals surface area contributed by atoms with Crippen LogP contribution >= 0.6 is 0 Å². The number of carbonyl (C=O) groups excluding carboxylic acids is 3. The number of methoxy groups -OCH3 is 2. The molecule has 0 N–H and O–H groups in total. The molecule has 0 unspecified atom stereocenters. The Bertz CT molecular complexity index is 323. The molecule has 0 spiro atoms. The van der Waals surface area contributed by atoms with Crippen LogP contribution in [0.25, 0.3) is 0 Å². The van der Waals surface area contributed by atoms with Gasteiger partial charge in [-0.25, -0.2) is 9.59 Å². The van der Waals surface area contributed by atoms with Gasteiger partial charge in [-0.2, -0.15) is 0 Å². The largest absolute Gasteiger partial charge is 0.466 e. The Kier molecular flexibility index (Phi) is 35.0. The molecule has 6 heteroatoms. The number of carbonyl (C=O) groups is 3. The Labute approximate surface area is 139 Å². The van der Waals surface area contributed by atoms with Crippen LogP contribution in [-0.2, 0) is 43.3 Å². The summed E-state index contributed by atoms with van der Waals surface area (Å²) in [6, 6.07) is 0. The molecule has 0 rings (SSSR count). The van der Waals surface area contributed by atoms with Gasteiger partial charge in [0, 0.05) is 31.6 Å². The molecule has 0 radical (unpaired) electrons. The molecule has 0 amide bonds. The van der Waals surface area contributed by atoms with E-state index in [1.165, 1.54) is 26.4 Å². The quantitative estimate of drug-likeness (QED) is 0.323. The smallest absolute Gasteiger partial charge is 0.330 e. The number of hydrogen-bond donors (Lipinski definition) is 0. The van der Waals surface area contributed by atoms with Gasteiger partial charge in [-0.3, -0.25) is 0 Å². The molecule has 0 aliphatic rings. The molecule has 0 heterocycles. The van der Waals surface area contributed by atoms with Gasteiger partial charge in [0.2, 0.25) is 0 Å². The van der Waals surface area contributed by atoms with E-state index in [0.717, 1.165) is 0 Å². The van der Waals surface area contributed by atoms with Crippen molar-refractivity contribution in [3.8, 4) is 0 Å². The zero-order valence-corrected chi connectivity index (χ0v) is 14.5. The number of ether oxygens (including phenoxy) is 2. The van der Waals surface area contributed by atoms with Crippen LogP contribution in [0, 0.1) is 0 Å². The van der Waals surface area contributed by atoms with Crippen LogP contribution in [0.4, 0.5) is 0 Å². The average molecular weight is 383 g/mol. The Morgan fingerprint density at radius 2 is 1.05 bits per heavy atom. The van der Waals surface area contributed by atoms with E-state index in [0.29, 0.717) is 0 Å². The second-order valence-electron chi connectivity index (χ2n) is 2.82. The summed E-state index contributed by atoms with van der Waals surface area (Å²) in [5.41, 5.74) is 0. The molecule has 0 saturated carbocycles. The van der Waals surface area contributed by atoms with Gasteiger partial charge in [0.1, 0.15) is 6.79 Å². The second kappa shape index (κ2) is 26.7. The van der Waals surface area contributed by atoms with Crippen LogP contribution in [0.1, 0.15) is 13.8 Å². The van der Waals surface area contributed by atoms with Crippen molar-refractivity contribution >= 4 is 18.7 Å². The topological polar surface area (TPSA) is 69.7 Å². The minimum atomic E-state index is -0.326. The van der Waals surface area contributed by atoms with Gasteiger partial charge in [-0.15, -0.1) is 0 Å². The summed E-state index contributed by atoms with van der Waals surface area (Å²) in [7, 11) is 2.70. The summed E-state index contributed by atoms with van der Waals surface area (Å²) < 4.78 is 8.67. The third-order valence-electron chi connectivity index (χ3n) is 1.47. The standard InChI is InChI=1S/2C7H10O2.CH2O.Ru/c2*1-3-4-5-6-7(8)9-2;1-2;/h2*3-6H,1-2H3;1H2;. The van der Waals surface area contributed by atoms with Crippen LogP contribution in [0.5, 0.6) is 0 Å². The van der Waals surface area contributed by atoms with E-state index in [-0.39, 0.29) is 31.4 Å². The molecule has 120 valence electrons. The number of rotatable bonds is 4. The number of esters is 2. The van der Waals surface area contributed by atoms with Crippen molar-refractivity contribution in [3.05, 3.63) is 48.6 Å². The zero-order valence-electron chi connectivity index (χ0n) is 12.7. The first kappa shape index (κ1) is 27.5. The first-order valence-corrected chi connectivity index (χ1v) is 5.65. The fourth-order valence-electron chi connectivity index (χ4n) is 0.627. The Morgan fingerprint density at radius 3 is 1.24 bits per heavy atom. The van der Waals surface area contributed by atoms with Crippen molar-refractivity contribution in [1.29, 1.82) is 0 Å². The third kappa shape index (κ3) is 32.1. The SMILES string of the molecule is C=O.CC=CC=CC(=O)OC.CC=CC=CC(=O)OC.[Ru]. The minimum absolute atomic E-state index is 0. The summed E-state index contributed by atoms with van der Waals surface area (Å²) in [5.74, 6) is -0.652. The molecule has 0 saturated heterocycles. The van der Waals surface area contributed by atoms with Crippen molar-refractivity contribution in [3.63, 3.8) is 0 Å². The van der Waals surface area contributed by atoms with Gasteiger partial charge < -0.3 is 14.3 Å². The fraction of sp³-hybridized carbons (Fsp3) is 0.267. The molecule has 0 bridgehead atoms. The van der Waals surface area contributed by atoms with Crippen molar-refractivity contribution in [2.75, 3.05) is 14.2 Å². The summed E-state index contributed by atoms with van der Waals surface area (Å²) in [4.78, 5) is 28.7. The first-order chi connectivity index (χ1) is 9.62. The zero-order chi connectivity index (χ0) is 16.2. The molecular formula is C15H22O5Ru. The van der Waals surface area contributed by atoms with Crippen LogP contribution in [-0.4, -0.2) is 32.9 Å². The normalized spacial score (nSPS) is 9.52. The van der Waals surface area contributed by atoms with Crippen molar-refractivity contribution in [2.24, 2.45) is 0 Å². The van der Waals surface area contributed by atoms with Crippen molar-refractivity contribution in [2.45, 2.75) is 13.8 Å². The Balaban J connectivity index is -0.000000118. The van der Waals surface area contributed by atoms with Gasteiger partial charge in [-0.1, -0.05) is 36.5 Å². The van der Waals surface area contributed by atoms with E-state index in [1.807, 2.05) is 32.8 Å². The molecule has 0 aromatic heterocycles. The maximum atomic E-state index is 10.3. The molecule has 0 aliphatic heterocycles. The van der Waals surface area contributed by atoms with Crippen LogP contribution < -0.4 is 0 Å². The van der Waals surface area contributed by atoms with Gasteiger partial charge in [0.05, 0.1) is 14.2 Å². The number of allylic oxidation sites excluding steroid dienone is 6. The van der Waals surface area contributed by atoms with Crippen LogP contribution in [0.3, 0.4) is 0 Å². The molecular weight excluding hydrogens is 361 g/mol. The van der Waals surface area contributed by atoms with Crippen molar-refractivity contribution < 1.29 is 43.3 Å². The van der Waals surface area contributed by atoms with E-state index >= 15 is 0 Å². The summed E-state index contributed by atoms with van der Waals surface area (Å²) in [5, 5.41) is 0. The average Bonchev–Trinajstić information content (AvgIpc) is 2.50. The first-order valence-electron chi connectivity index (χ1n) is 5.65. The summed E-state index contributed by atoms with van der Waals surface area (Å²) in [6.07, 6.45) is 13.2. The summed E-state index contributed by atoms with van der Waals surface area (Å²) >= 11 is 0. The van der Waals surface area contributed by atoms with Gasteiger partial charge in [0.25, 0.3) is 0 Å². The van der Waals surface area contributed by atoms with E-state index < -0.39 is 0 Å². The fourth-order valence-corrected chi connectivity index (χ4v) is 0.627. The maximum absolute atomic E-state index is 10.3. The van der Waals surface area contributed by atoms with E-state index in [2.05, 4.69) is 9.47 Å². The molecule has 5 nitrogen and oxygen atoms in total. The van der Waals surface area contributed by atoms with E-state index in [4.69, 9.17) is 4.79 Å². The predicted octanol–water partition coefficient (Wildman–Crippen LogP) is 2.40. The predicted molar refractivity (Wildman–Crippen MR) is 79.1 cm³/mol. The maximum Gasteiger partial charge on any atom is 0.330 e. The van der Waals surface area contributed by atoms with Gasteiger partial charge in [0.15, 0.2) is 0 Å². The summed E-state index contributed by atoms with van der Waals surface area (Å²) in [6.45, 7) is 5.75. The van der Waals surface area contributed by atoms with Crippen LogP contribution in [0.15, 0.2) is 48.6 Å². The van der Waals surface area contributed by atoms with Gasteiger partial charge >= 0.3 is 11.9 Å². The van der Waals surface area contributed by atoms with E-state index in [9.17, 15) is 9.59 Å². The monoisotopic (exact) mass is 384 g/mol. The molecule has 21 heavy (non-hydrogen) atoms. The van der Waals surface area contributed by atoms with Gasteiger partial charge in [-0.05, 0) is 13.8 Å². The minimum Gasteiger partial charge on any atom is -0.466 e.